The van der Waals surface area contributed by atoms with Crippen LogP contribution in [0.1, 0.15) is 17.1 Å². The molecule has 140 valence electrons. The number of aromatic nitrogens is 3. The van der Waals surface area contributed by atoms with Crippen LogP contribution < -0.4 is 4.57 Å². The molecule has 0 spiro atoms. The second kappa shape index (κ2) is 7.33. The summed E-state index contributed by atoms with van der Waals surface area (Å²) in [6.45, 7) is 0.484. The van der Waals surface area contributed by atoms with Gasteiger partial charge in [0.2, 0.25) is 5.52 Å². The van der Waals surface area contributed by atoms with Crippen LogP contribution in [0.4, 0.5) is 0 Å². The maximum Gasteiger partial charge on any atom is 0.265 e. The lowest BCUT2D eigenvalue weighted by atomic mass is 10.3. The molecular weight excluding hydrogens is 426 g/mol. The minimum atomic E-state index is -3.97. The van der Waals surface area contributed by atoms with Crippen LogP contribution in [0.25, 0.3) is 27.3 Å². The van der Waals surface area contributed by atoms with Crippen molar-refractivity contribution in [3.8, 4) is 0 Å². The van der Waals surface area contributed by atoms with Crippen LogP contribution >= 0.6 is 34.3 Å². The number of aryl methyl sites for hydroxylation is 1. The third-order valence-corrected chi connectivity index (χ3v) is 7.03. The van der Waals surface area contributed by atoms with E-state index in [9.17, 15) is 8.42 Å². The van der Waals surface area contributed by atoms with Gasteiger partial charge in [-0.1, -0.05) is 35.1 Å². The predicted octanol–water partition coefficient (Wildman–Crippen LogP) is 4.00. The van der Waals surface area contributed by atoms with Crippen molar-refractivity contribution in [3.05, 3.63) is 51.7 Å². The quantitative estimate of drug-likeness (QED) is 0.363. The van der Waals surface area contributed by atoms with Crippen molar-refractivity contribution in [2.24, 2.45) is 0 Å². The van der Waals surface area contributed by atoms with E-state index in [1.54, 1.807) is 11.3 Å². The predicted molar refractivity (Wildman–Crippen MR) is 110 cm³/mol. The Balaban J connectivity index is 1.71. The number of imidazole rings is 1. The molecule has 0 amide bonds. The van der Waals surface area contributed by atoms with Gasteiger partial charge in [-0.2, -0.15) is 13.0 Å². The van der Waals surface area contributed by atoms with E-state index >= 15 is 0 Å². The molecule has 0 atom stereocenters. The van der Waals surface area contributed by atoms with Crippen LogP contribution in [-0.4, -0.2) is 28.1 Å². The van der Waals surface area contributed by atoms with Gasteiger partial charge in [-0.3, -0.25) is 8.95 Å². The average Bonchev–Trinajstić information content (AvgIpc) is 3.26. The maximum absolute atomic E-state index is 11.0. The lowest BCUT2D eigenvalue weighted by Gasteiger charge is -1.97. The number of nitrogens with zero attached hydrogens (tertiary/aromatic N) is 3. The molecule has 0 aliphatic rings. The summed E-state index contributed by atoms with van der Waals surface area (Å²) in [4.78, 5) is 5.16. The molecule has 1 N–H and O–H groups in total. The highest BCUT2D eigenvalue weighted by molar-refractivity contribution is 7.85. The largest absolute Gasteiger partial charge is 0.289 e. The summed E-state index contributed by atoms with van der Waals surface area (Å²) in [5.41, 5.74) is 1.83. The molecule has 6 nitrogen and oxygen atoms in total. The third kappa shape index (κ3) is 3.92. The number of benzene rings is 1. The summed E-state index contributed by atoms with van der Waals surface area (Å²) in [5.74, 6) is -0.267. The maximum atomic E-state index is 11.0. The van der Waals surface area contributed by atoms with E-state index in [-0.39, 0.29) is 5.75 Å². The summed E-state index contributed by atoms with van der Waals surface area (Å²) in [6, 6.07) is 7.95. The van der Waals surface area contributed by atoms with E-state index in [4.69, 9.17) is 16.2 Å². The van der Waals surface area contributed by atoms with Crippen LogP contribution in [0.5, 0.6) is 0 Å². The highest BCUT2D eigenvalue weighted by atomic mass is 35.5. The monoisotopic (exact) mass is 440 g/mol. The van der Waals surface area contributed by atoms with E-state index < -0.39 is 10.1 Å². The Kier molecular flexibility index (Phi) is 5.04. The number of hydrogen-bond acceptors (Lipinski definition) is 5. The molecule has 0 aliphatic carbocycles. The molecule has 1 aromatic carbocycles. The average molecular weight is 441 g/mol. The highest BCUT2D eigenvalue weighted by Gasteiger charge is 2.19. The molecule has 3 heterocycles. The molecule has 0 radical (unpaired) electrons. The Labute approximate surface area is 168 Å². The van der Waals surface area contributed by atoms with E-state index in [0.717, 1.165) is 25.9 Å². The van der Waals surface area contributed by atoms with E-state index in [2.05, 4.69) is 9.55 Å². The van der Waals surface area contributed by atoms with Gasteiger partial charge in [0.1, 0.15) is 4.70 Å². The van der Waals surface area contributed by atoms with Crippen molar-refractivity contribution in [1.82, 2.24) is 9.38 Å². The summed E-state index contributed by atoms with van der Waals surface area (Å²) in [5, 5.41) is 3.36. The van der Waals surface area contributed by atoms with Gasteiger partial charge in [0.25, 0.3) is 15.1 Å². The van der Waals surface area contributed by atoms with Gasteiger partial charge in [-0.25, -0.2) is 4.98 Å². The first-order valence-corrected chi connectivity index (χ1v) is 11.8. The molecule has 27 heavy (non-hydrogen) atoms. The van der Waals surface area contributed by atoms with Crippen LogP contribution in [0.2, 0.25) is 5.15 Å². The summed E-state index contributed by atoms with van der Waals surface area (Å²) in [7, 11) is -3.97. The summed E-state index contributed by atoms with van der Waals surface area (Å²) < 4.78 is 36.2. The Morgan fingerprint density at radius 1 is 1.30 bits per heavy atom. The number of para-hydroxylation sites is 1. The fraction of sp³-hybridized carbons (Fsp3) is 0.176. The standard InChI is InChI=1S/C17H14ClN3O3S3/c18-16-13(21-9-10-25-17(21)19-16)6-7-15-20(8-3-11-27(22,23)24)12-4-1-2-5-14(12)26-15/h1-2,4-7,9-10H,3,8,11H2/p+1. The molecule has 0 saturated carbocycles. The first-order chi connectivity index (χ1) is 12.9. The minimum absolute atomic E-state index is 0.267. The normalized spacial score (nSPS) is 12.7. The lowest BCUT2D eigenvalue weighted by molar-refractivity contribution is -0.668. The van der Waals surface area contributed by atoms with Crippen molar-refractivity contribution >= 4 is 71.7 Å². The third-order valence-electron chi connectivity index (χ3n) is 4.06. The molecule has 0 unspecified atom stereocenters. The van der Waals surface area contributed by atoms with Gasteiger partial charge in [-0.05, 0) is 12.1 Å². The van der Waals surface area contributed by atoms with Gasteiger partial charge in [0.05, 0.1) is 11.4 Å². The van der Waals surface area contributed by atoms with Crippen molar-refractivity contribution in [3.63, 3.8) is 0 Å². The Morgan fingerprint density at radius 2 is 2.11 bits per heavy atom. The van der Waals surface area contributed by atoms with Crippen LogP contribution in [0, 0.1) is 0 Å². The number of thiazole rings is 2. The van der Waals surface area contributed by atoms with Gasteiger partial charge >= 0.3 is 0 Å². The molecular formula is C17H15ClN3O3S3+. The fourth-order valence-corrected chi connectivity index (χ4v) is 5.48. The number of fused-ring (bicyclic) bond motifs is 2. The zero-order valence-electron chi connectivity index (χ0n) is 13.9. The van der Waals surface area contributed by atoms with Gasteiger partial charge < -0.3 is 0 Å². The van der Waals surface area contributed by atoms with Crippen molar-refractivity contribution < 1.29 is 17.5 Å². The second-order valence-electron chi connectivity index (χ2n) is 5.88. The first-order valence-electron chi connectivity index (χ1n) is 8.08. The molecule has 4 rings (SSSR count). The van der Waals surface area contributed by atoms with E-state index in [1.165, 1.54) is 11.3 Å². The molecule has 0 saturated heterocycles. The number of rotatable bonds is 6. The summed E-state index contributed by atoms with van der Waals surface area (Å²) in [6.07, 6.45) is 6.13. The van der Waals surface area contributed by atoms with Crippen LogP contribution in [0.3, 0.4) is 0 Å². The fourth-order valence-electron chi connectivity index (χ4n) is 2.89. The van der Waals surface area contributed by atoms with Crippen LogP contribution in [-0.2, 0) is 16.7 Å². The Morgan fingerprint density at radius 3 is 2.93 bits per heavy atom. The Hall–Kier alpha value is -1.78. The zero-order chi connectivity index (χ0) is 19.0. The smallest absolute Gasteiger partial charge is 0.265 e. The van der Waals surface area contributed by atoms with Crippen molar-refractivity contribution in [1.29, 1.82) is 0 Å². The molecule has 3 aromatic heterocycles. The summed E-state index contributed by atoms with van der Waals surface area (Å²) >= 11 is 9.38. The van der Waals surface area contributed by atoms with Gasteiger partial charge in [-0.15, -0.1) is 11.3 Å². The zero-order valence-corrected chi connectivity index (χ0v) is 17.2. The first kappa shape index (κ1) is 18.6. The van der Waals surface area contributed by atoms with Crippen molar-refractivity contribution in [2.45, 2.75) is 13.0 Å². The number of hydrogen-bond donors (Lipinski definition) is 1. The molecule has 4 aromatic rings. The molecule has 0 bridgehead atoms. The van der Waals surface area contributed by atoms with Gasteiger partial charge in [0, 0.05) is 30.1 Å². The highest BCUT2D eigenvalue weighted by Crippen LogP contribution is 2.25. The minimum Gasteiger partial charge on any atom is -0.289 e. The lowest BCUT2D eigenvalue weighted by Crippen LogP contribution is -2.35. The molecule has 0 fully saturated rings. The molecule has 10 heteroatoms. The second-order valence-corrected chi connectivity index (χ2v) is 9.74. The van der Waals surface area contributed by atoms with Crippen LogP contribution in [0.15, 0.2) is 35.8 Å². The van der Waals surface area contributed by atoms with Crippen molar-refractivity contribution in [2.75, 3.05) is 5.75 Å². The van der Waals surface area contributed by atoms with E-state index in [0.29, 0.717) is 18.1 Å². The molecule has 0 aliphatic heterocycles. The topological polar surface area (TPSA) is 75.6 Å². The van der Waals surface area contributed by atoms with E-state index in [1.807, 2.05) is 52.4 Å². The SMILES string of the molecule is O=S(=O)(O)CCC[n+]1c(C=Cc2c(Cl)nc3sccn23)sc2ccccc21. The van der Waals surface area contributed by atoms with Gasteiger partial charge in [0.15, 0.2) is 16.7 Å². The number of halogens is 1. The Bertz CT molecular complexity index is 1250.